The maximum absolute atomic E-state index is 13.2. The van der Waals surface area contributed by atoms with Crippen molar-refractivity contribution in [3.8, 4) is 0 Å². The van der Waals surface area contributed by atoms with E-state index in [4.69, 9.17) is 9.47 Å². The fourth-order valence-corrected chi connectivity index (χ4v) is 2.95. The molecule has 7 nitrogen and oxygen atoms in total. The van der Waals surface area contributed by atoms with Crippen LogP contribution in [-0.2, 0) is 9.47 Å². The number of rotatable bonds is 3. The Morgan fingerprint density at radius 3 is 2.10 bits per heavy atom. The van der Waals surface area contributed by atoms with Gasteiger partial charge in [0.25, 0.3) is 0 Å². The van der Waals surface area contributed by atoms with Crippen molar-refractivity contribution in [3.63, 3.8) is 0 Å². The number of carbonyl (C=O) groups excluding carboxylic acids is 3. The molecule has 0 aromatic heterocycles. The first-order chi connectivity index (χ1) is 13.8. The summed E-state index contributed by atoms with van der Waals surface area (Å²) in [4.78, 5) is 38.2. The van der Waals surface area contributed by atoms with Crippen LogP contribution in [0.2, 0.25) is 0 Å². The zero-order chi connectivity index (χ0) is 22.7. The van der Waals surface area contributed by atoms with Crippen LogP contribution in [-0.4, -0.2) is 40.2 Å². The average molecular weight is 420 g/mol. The van der Waals surface area contributed by atoms with Gasteiger partial charge in [-0.1, -0.05) is 12.2 Å². The van der Waals surface area contributed by atoms with Crippen LogP contribution in [0.25, 0.3) is 0 Å². The number of ketones is 1. The van der Waals surface area contributed by atoms with Crippen molar-refractivity contribution in [2.45, 2.75) is 65.2 Å². The molecule has 1 N–H and O–H groups in total. The molecule has 8 heteroatoms. The number of halogens is 1. The Morgan fingerprint density at radius 1 is 1.00 bits per heavy atom. The minimum Gasteiger partial charge on any atom is -0.443 e. The maximum atomic E-state index is 13.2. The molecule has 0 saturated carbocycles. The molecule has 0 saturated heterocycles. The SMILES string of the molecule is CC(C)(C)OC(=O)NN(C(=O)OC(C)(C)C)[C@H]1CC=C[C@@H]1C(=O)c1ccc(F)cc1. The first kappa shape index (κ1) is 23.4. The number of amides is 2. The Hall–Kier alpha value is -2.90. The van der Waals surface area contributed by atoms with E-state index < -0.39 is 41.2 Å². The Morgan fingerprint density at radius 2 is 1.57 bits per heavy atom. The van der Waals surface area contributed by atoms with Gasteiger partial charge in [0.2, 0.25) is 0 Å². The summed E-state index contributed by atoms with van der Waals surface area (Å²) < 4.78 is 23.9. The van der Waals surface area contributed by atoms with E-state index in [0.717, 1.165) is 5.01 Å². The lowest BCUT2D eigenvalue weighted by Crippen LogP contribution is -2.56. The number of nitrogens with one attached hydrogen (secondary N) is 1. The number of hydrogen-bond acceptors (Lipinski definition) is 5. The van der Waals surface area contributed by atoms with Gasteiger partial charge in [0.15, 0.2) is 5.78 Å². The standard InChI is InChI=1S/C22H29FN2O5/c1-21(2,3)29-19(27)24-25(20(28)30-22(4,5)6)17-9-7-8-16(17)18(26)14-10-12-15(23)13-11-14/h7-8,10-13,16-17H,9H2,1-6H3,(H,24,27)/t16-,17-/m0/s1. The van der Waals surface area contributed by atoms with Crippen molar-refractivity contribution in [1.82, 2.24) is 10.4 Å². The van der Waals surface area contributed by atoms with Crippen LogP contribution in [0.3, 0.4) is 0 Å². The van der Waals surface area contributed by atoms with E-state index in [9.17, 15) is 18.8 Å². The van der Waals surface area contributed by atoms with E-state index in [1.54, 1.807) is 53.7 Å². The monoisotopic (exact) mass is 420 g/mol. The molecule has 0 fully saturated rings. The molecule has 1 aromatic rings. The van der Waals surface area contributed by atoms with Gasteiger partial charge in [0.05, 0.1) is 12.0 Å². The summed E-state index contributed by atoms with van der Waals surface area (Å²) in [5, 5.41) is 1.01. The van der Waals surface area contributed by atoms with E-state index >= 15 is 0 Å². The van der Waals surface area contributed by atoms with E-state index in [0.29, 0.717) is 12.0 Å². The molecule has 0 spiro atoms. The van der Waals surface area contributed by atoms with Crippen LogP contribution in [0.1, 0.15) is 58.3 Å². The Labute approximate surface area is 176 Å². The van der Waals surface area contributed by atoms with Crippen LogP contribution in [0.5, 0.6) is 0 Å². The highest BCUT2D eigenvalue weighted by molar-refractivity contribution is 6.00. The van der Waals surface area contributed by atoms with Gasteiger partial charge in [0, 0.05) is 5.56 Å². The van der Waals surface area contributed by atoms with Crippen molar-refractivity contribution < 1.29 is 28.2 Å². The fraction of sp³-hybridized carbons (Fsp3) is 0.500. The summed E-state index contributed by atoms with van der Waals surface area (Å²) in [6.45, 7) is 10.2. The molecule has 0 unspecified atom stereocenters. The number of hydrazine groups is 1. The molecular formula is C22H29FN2O5. The van der Waals surface area contributed by atoms with Crippen LogP contribution in [0.4, 0.5) is 14.0 Å². The molecule has 2 atom stereocenters. The topological polar surface area (TPSA) is 84.9 Å². The molecule has 1 aliphatic rings. The van der Waals surface area contributed by atoms with E-state index in [1.165, 1.54) is 24.3 Å². The smallest absolute Gasteiger partial charge is 0.429 e. The first-order valence-electron chi connectivity index (χ1n) is 9.75. The third kappa shape index (κ3) is 6.57. The molecule has 164 valence electrons. The number of nitrogens with zero attached hydrogens (tertiary/aromatic N) is 1. The molecule has 30 heavy (non-hydrogen) atoms. The molecule has 2 rings (SSSR count). The van der Waals surface area contributed by atoms with Gasteiger partial charge < -0.3 is 9.47 Å². The minimum atomic E-state index is -0.840. The molecule has 0 heterocycles. The van der Waals surface area contributed by atoms with Crippen molar-refractivity contribution >= 4 is 18.0 Å². The van der Waals surface area contributed by atoms with Gasteiger partial charge >= 0.3 is 12.2 Å². The molecule has 1 aromatic carbocycles. The zero-order valence-electron chi connectivity index (χ0n) is 18.2. The summed E-state index contributed by atoms with van der Waals surface area (Å²) in [6, 6.07) is 4.46. The van der Waals surface area contributed by atoms with Crippen molar-refractivity contribution in [1.29, 1.82) is 0 Å². The van der Waals surface area contributed by atoms with Gasteiger partial charge in [-0.15, -0.1) is 0 Å². The predicted molar refractivity (Wildman–Crippen MR) is 109 cm³/mol. The lowest BCUT2D eigenvalue weighted by Gasteiger charge is -2.34. The normalized spacial score (nSPS) is 18.6. The van der Waals surface area contributed by atoms with Gasteiger partial charge in [-0.3, -0.25) is 4.79 Å². The summed E-state index contributed by atoms with van der Waals surface area (Å²) in [7, 11) is 0. The predicted octanol–water partition coefficient (Wildman–Crippen LogP) is 4.63. The van der Waals surface area contributed by atoms with E-state index in [2.05, 4.69) is 5.43 Å². The second-order valence-electron chi connectivity index (χ2n) is 9.09. The van der Waals surface area contributed by atoms with Gasteiger partial charge in [-0.25, -0.2) is 24.4 Å². The largest absolute Gasteiger partial charge is 0.443 e. The lowest BCUT2D eigenvalue weighted by atomic mass is 9.93. The van der Waals surface area contributed by atoms with Gasteiger partial charge in [-0.2, -0.15) is 0 Å². The second kappa shape index (κ2) is 8.85. The van der Waals surface area contributed by atoms with E-state index in [1.807, 2.05) is 0 Å². The second-order valence-corrected chi connectivity index (χ2v) is 9.09. The van der Waals surface area contributed by atoms with Gasteiger partial charge in [0.1, 0.15) is 17.0 Å². The number of ether oxygens (including phenoxy) is 2. The highest BCUT2D eigenvalue weighted by Gasteiger charge is 2.40. The minimum absolute atomic E-state index is 0.298. The molecular weight excluding hydrogens is 391 g/mol. The van der Waals surface area contributed by atoms with Crippen LogP contribution >= 0.6 is 0 Å². The summed E-state index contributed by atoms with van der Waals surface area (Å²) in [6.07, 6.45) is 2.11. The Kier molecular flexibility index (Phi) is 6.90. The van der Waals surface area contributed by atoms with Crippen LogP contribution < -0.4 is 5.43 Å². The molecule has 0 bridgehead atoms. The van der Waals surface area contributed by atoms with Crippen LogP contribution in [0, 0.1) is 11.7 Å². The lowest BCUT2D eigenvalue weighted by molar-refractivity contribution is -0.0120. The Bertz CT molecular complexity index is 821. The molecule has 2 amide bonds. The number of hydrogen-bond donors (Lipinski definition) is 1. The average Bonchev–Trinajstić information content (AvgIpc) is 3.05. The zero-order valence-corrected chi connectivity index (χ0v) is 18.2. The van der Waals surface area contributed by atoms with Crippen molar-refractivity contribution in [3.05, 3.63) is 47.8 Å². The maximum Gasteiger partial charge on any atom is 0.429 e. The number of Topliss-reactive ketones (excluding diaryl/α,β-unsaturated/α-hetero) is 1. The highest BCUT2D eigenvalue weighted by atomic mass is 19.1. The summed E-state index contributed by atoms with van der Waals surface area (Å²) >= 11 is 0. The van der Waals surface area contributed by atoms with Crippen molar-refractivity contribution in [2.24, 2.45) is 5.92 Å². The highest BCUT2D eigenvalue weighted by Crippen LogP contribution is 2.28. The van der Waals surface area contributed by atoms with Gasteiger partial charge in [-0.05, 0) is 72.2 Å². The number of carbonyl (C=O) groups is 3. The number of benzene rings is 1. The third-order valence-electron chi connectivity index (χ3n) is 4.10. The Balaban J connectivity index is 2.28. The van der Waals surface area contributed by atoms with Crippen LogP contribution in [0.15, 0.2) is 36.4 Å². The third-order valence-corrected chi connectivity index (χ3v) is 4.10. The molecule has 0 radical (unpaired) electrons. The quantitative estimate of drug-likeness (QED) is 0.438. The molecule has 0 aliphatic heterocycles. The van der Waals surface area contributed by atoms with E-state index in [-0.39, 0.29) is 5.78 Å². The summed E-state index contributed by atoms with van der Waals surface area (Å²) in [5.74, 6) is -1.49. The summed E-state index contributed by atoms with van der Waals surface area (Å²) in [5.41, 5.74) is 1.14. The first-order valence-corrected chi connectivity index (χ1v) is 9.75. The van der Waals surface area contributed by atoms with Crippen molar-refractivity contribution in [2.75, 3.05) is 0 Å². The molecule has 1 aliphatic carbocycles. The fourth-order valence-electron chi connectivity index (χ4n) is 2.95.